The van der Waals surface area contributed by atoms with Crippen LogP contribution in [0, 0.1) is 6.92 Å². The number of amides is 1. The van der Waals surface area contributed by atoms with Gasteiger partial charge in [-0.3, -0.25) is 14.5 Å². The molecule has 1 N–H and O–H groups in total. The number of nitrogens with zero attached hydrogens (tertiary/aromatic N) is 2. The van der Waals surface area contributed by atoms with Crippen molar-refractivity contribution in [2.75, 3.05) is 11.5 Å². The number of aryl methyl sites for hydroxylation is 1. The van der Waals surface area contributed by atoms with Crippen molar-refractivity contribution < 1.29 is 19.4 Å². The van der Waals surface area contributed by atoms with Gasteiger partial charge in [0, 0.05) is 17.3 Å². The van der Waals surface area contributed by atoms with Crippen LogP contribution in [0.5, 0.6) is 5.75 Å². The van der Waals surface area contributed by atoms with Gasteiger partial charge in [-0.05, 0) is 31.0 Å². The van der Waals surface area contributed by atoms with Gasteiger partial charge < -0.3 is 9.84 Å². The second kappa shape index (κ2) is 10.4. The third-order valence-corrected chi connectivity index (χ3v) is 7.37. The zero-order valence-electron chi connectivity index (χ0n) is 20.5. The largest absolute Gasteiger partial charge is 0.503 e. The Labute approximate surface area is 219 Å². The van der Waals surface area contributed by atoms with Crippen LogP contribution in [0.15, 0.2) is 96.3 Å². The van der Waals surface area contributed by atoms with E-state index in [1.54, 1.807) is 25.1 Å². The number of rotatable bonds is 8. The van der Waals surface area contributed by atoms with Gasteiger partial charge in [0.1, 0.15) is 10.8 Å². The van der Waals surface area contributed by atoms with E-state index in [2.05, 4.69) is 4.98 Å². The van der Waals surface area contributed by atoms with Crippen LogP contribution in [-0.4, -0.2) is 28.4 Å². The highest BCUT2D eigenvalue weighted by Gasteiger charge is 2.45. The number of aromatic nitrogens is 1. The molecule has 0 radical (unpaired) electrons. The van der Waals surface area contributed by atoms with Gasteiger partial charge in [-0.1, -0.05) is 73.7 Å². The number of Topliss-reactive ketones (excluding diaryl/α,β-unsaturated/α-hetero) is 1. The number of carbonyl (C=O) groups is 2. The maximum absolute atomic E-state index is 14.0. The minimum absolute atomic E-state index is 0.0439. The van der Waals surface area contributed by atoms with Crippen molar-refractivity contribution in [2.45, 2.75) is 26.3 Å². The van der Waals surface area contributed by atoms with Crippen LogP contribution in [0.3, 0.4) is 0 Å². The lowest BCUT2D eigenvalue weighted by molar-refractivity contribution is -0.117. The summed E-state index contributed by atoms with van der Waals surface area (Å²) in [5.41, 5.74) is 2.76. The fraction of sp³-hybridized carbons (Fsp3) is 0.167. The van der Waals surface area contributed by atoms with E-state index in [4.69, 9.17) is 4.74 Å². The predicted octanol–water partition coefficient (Wildman–Crippen LogP) is 6.69. The summed E-state index contributed by atoms with van der Waals surface area (Å²) in [5.74, 6) is -0.968. The number of ketones is 1. The van der Waals surface area contributed by atoms with Crippen LogP contribution in [0.25, 0.3) is 10.6 Å². The molecular weight excluding hydrogens is 484 g/mol. The van der Waals surface area contributed by atoms with E-state index < -0.39 is 23.5 Å². The first-order chi connectivity index (χ1) is 18.0. The molecule has 6 nitrogen and oxygen atoms in total. The smallest absolute Gasteiger partial charge is 0.294 e. The van der Waals surface area contributed by atoms with Crippen molar-refractivity contribution in [3.8, 4) is 16.3 Å². The van der Waals surface area contributed by atoms with Crippen molar-refractivity contribution in [3.63, 3.8) is 0 Å². The summed E-state index contributed by atoms with van der Waals surface area (Å²) in [4.78, 5) is 33.9. The zero-order chi connectivity index (χ0) is 25.9. The third kappa shape index (κ3) is 4.66. The fourth-order valence-corrected chi connectivity index (χ4v) is 5.46. The maximum atomic E-state index is 14.0. The molecule has 1 unspecified atom stereocenters. The molecule has 1 aliphatic rings. The topological polar surface area (TPSA) is 79.7 Å². The Hall–Kier alpha value is -4.23. The summed E-state index contributed by atoms with van der Waals surface area (Å²) in [6.07, 6.45) is 0.847. The van der Waals surface area contributed by atoms with Gasteiger partial charge in [-0.15, -0.1) is 11.3 Å². The van der Waals surface area contributed by atoms with Gasteiger partial charge in [-0.2, -0.15) is 0 Å². The summed E-state index contributed by atoms with van der Waals surface area (Å²) in [6, 6.07) is 25.2. The van der Waals surface area contributed by atoms with E-state index in [1.165, 1.54) is 16.2 Å². The molecule has 0 saturated carbocycles. The maximum Gasteiger partial charge on any atom is 0.294 e. The average Bonchev–Trinajstić information content (AvgIpc) is 3.45. The first-order valence-corrected chi connectivity index (χ1v) is 12.9. The number of anilines is 1. The number of aliphatic hydroxyl groups is 1. The second-order valence-electron chi connectivity index (χ2n) is 8.73. The molecule has 186 valence electrons. The molecule has 2 heterocycles. The summed E-state index contributed by atoms with van der Waals surface area (Å²) >= 11 is 1.26. The Morgan fingerprint density at radius 1 is 1.03 bits per heavy atom. The van der Waals surface area contributed by atoms with Crippen LogP contribution in [-0.2, 0) is 4.79 Å². The minimum Gasteiger partial charge on any atom is -0.503 e. The molecule has 37 heavy (non-hydrogen) atoms. The van der Waals surface area contributed by atoms with Gasteiger partial charge in [0.2, 0.25) is 5.78 Å². The van der Waals surface area contributed by atoms with Gasteiger partial charge in [0.15, 0.2) is 5.76 Å². The lowest BCUT2D eigenvalue weighted by Crippen LogP contribution is -2.31. The quantitative estimate of drug-likeness (QED) is 0.267. The van der Waals surface area contributed by atoms with Crippen LogP contribution >= 0.6 is 11.3 Å². The van der Waals surface area contributed by atoms with Crippen LogP contribution < -0.4 is 9.64 Å². The van der Waals surface area contributed by atoms with Gasteiger partial charge >= 0.3 is 0 Å². The molecule has 1 atom stereocenters. The zero-order valence-corrected chi connectivity index (χ0v) is 21.4. The highest BCUT2D eigenvalue weighted by atomic mass is 32.1. The second-order valence-corrected chi connectivity index (χ2v) is 9.72. The van der Waals surface area contributed by atoms with Crippen molar-refractivity contribution in [2.24, 2.45) is 0 Å². The SMILES string of the molecule is CCCOc1cccc(N2C(=O)C(O)=C(C(=O)c3sc(-c4ccccc4)nc3C)C2c2ccccc2)c1. The number of carbonyl (C=O) groups excluding carboxylic acids is 2. The van der Waals surface area contributed by atoms with Crippen molar-refractivity contribution >= 4 is 28.7 Å². The number of ether oxygens (including phenoxy) is 1. The predicted molar refractivity (Wildman–Crippen MR) is 145 cm³/mol. The Balaban J connectivity index is 1.59. The van der Waals surface area contributed by atoms with Gasteiger partial charge in [0.05, 0.1) is 28.8 Å². The molecule has 0 saturated heterocycles. The van der Waals surface area contributed by atoms with Crippen molar-refractivity contribution in [3.05, 3.63) is 112 Å². The highest BCUT2D eigenvalue weighted by molar-refractivity contribution is 7.17. The lowest BCUT2D eigenvalue weighted by Gasteiger charge is -2.27. The van der Waals surface area contributed by atoms with Crippen molar-refractivity contribution in [1.29, 1.82) is 0 Å². The van der Waals surface area contributed by atoms with E-state index in [0.29, 0.717) is 39.2 Å². The van der Waals surface area contributed by atoms with Gasteiger partial charge in [0.25, 0.3) is 5.91 Å². The summed E-state index contributed by atoms with van der Waals surface area (Å²) < 4.78 is 5.77. The molecule has 5 rings (SSSR count). The van der Waals surface area contributed by atoms with E-state index in [-0.39, 0.29) is 5.57 Å². The van der Waals surface area contributed by atoms with E-state index in [0.717, 1.165) is 12.0 Å². The molecule has 4 aromatic rings. The number of aliphatic hydroxyl groups excluding tert-OH is 1. The molecule has 0 spiro atoms. The van der Waals surface area contributed by atoms with Crippen molar-refractivity contribution in [1.82, 2.24) is 4.98 Å². The molecule has 0 fully saturated rings. The highest BCUT2D eigenvalue weighted by Crippen LogP contribution is 2.43. The number of hydrogen-bond donors (Lipinski definition) is 1. The Kier molecular flexibility index (Phi) is 6.88. The molecule has 3 aromatic carbocycles. The van der Waals surface area contributed by atoms with E-state index in [9.17, 15) is 14.7 Å². The Bertz CT molecular complexity index is 1480. The summed E-state index contributed by atoms with van der Waals surface area (Å²) in [5, 5.41) is 11.8. The molecule has 1 aromatic heterocycles. The lowest BCUT2D eigenvalue weighted by atomic mass is 9.95. The minimum atomic E-state index is -0.802. The van der Waals surface area contributed by atoms with Gasteiger partial charge in [-0.25, -0.2) is 4.98 Å². The standard InChI is InChI=1S/C30H26N2O4S/c1-3-17-36-23-16-10-15-22(18-23)32-25(20-11-6-4-7-12-20)24(27(34)30(32)35)26(33)28-19(2)31-29(37-28)21-13-8-5-9-14-21/h4-16,18,25,34H,3,17H2,1-2H3. The summed E-state index contributed by atoms with van der Waals surface area (Å²) in [7, 11) is 0. The van der Waals surface area contributed by atoms with Crippen LogP contribution in [0.2, 0.25) is 0 Å². The number of hydrogen-bond acceptors (Lipinski definition) is 6. The molecule has 0 bridgehead atoms. The average molecular weight is 511 g/mol. The first kappa shape index (κ1) is 24.5. The first-order valence-electron chi connectivity index (χ1n) is 12.1. The molecule has 7 heteroatoms. The Morgan fingerprint density at radius 2 is 1.73 bits per heavy atom. The fourth-order valence-electron chi connectivity index (χ4n) is 4.43. The summed E-state index contributed by atoms with van der Waals surface area (Å²) in [6.45, 7) is 4.33. The Morgan fingerprint density at radius 3 is 2.43 bits per heavy atom. The monoisotopic (exact) mass is 510 g/mol. The molecule has 0 aliphatic carbocycles. The van der Waals surface area contributed by atoms with E-state index >= 15 is 0 Å². The third-order valence-electron chi connectivity index (χ3n) is 6.16. The number of benzene rings is 3. The molecule has 1 amide bonds. The normalized spacial score (nSPS) is 15.4. The molecular formula is C30H26N2O4S. The van der Waals surface area contributed by atoms with E-state index in [1.807, 2.05) is 73.7 Å². The molecule has 1 aliphatic heterocycles. The van der Waals surface area contributed by atoms with Crippen LogP contribution in [0.1, 0.15) is 40.3 Å². The van der Waals surface area contributed by atoms with Crippen LogP contribution in [0.4, 0.5) is 5.69 Å². The number of thiazole rings is 1.